The molecular formula is C12H16O3S. The van der Waals surface area contributed by atoms with E-state index in [-0.39, 0.29) is 17.3 Å². The molecule has 0 saturated heterocycles. The molecule has 16 heavy (non-hydrogen) atoms. The molecule has 0 aliphatic carbocycles. The predicted octanol–water partition coefficient (Wildman–Crippen LogP) is 1.97. The fourth-order valence-electron chi connectivity index (χ4n) is 1.44. The third-order valence-corrected chi connectivity index (χ3v) is 3.90. The number of carbonyl (C=O) groups is 1. The van der Waals surface area contributed by atoms with Crippen LogP contribution in [0.4, 0.5) is 0 Å². The van der Waals surface area contributed by atoms with E-state index in [4.69, 9.17) is 0 Å². The molecule has 0 radical (unpaired) electrons. The van der Waals surface area contributed by atoms with Gasteiger partial charge in [-0.15, -0.1) is 0 Å². The number of Topliss-reactive ketones (excluding diaryl/α,β-unsaturated/α-hetero) is 1. The molecule has 0 bridgehead atoms. The molecule has 0 aromatic heterocycles. The van der Waals surface area contributed by atoms with Gasteiger partial charge in [-0.1, -0.05) is 30.3 Å². The number of rotatable bonds is 6. The molecule has 0 unspecified atom stereocenters. The Hall–Kier alpha value is -1.16. The van der Waals surface area contributed by atoms with Crippen molar-refractivity contribution in [3.05, 3.63) is 35.9 Å². The third kappa shape index (κ3) is 5.07. The standard InChI is InChI=1S/C12H16O3S/c1-11(13)6-5-9-16(14,15)10-12-7-3-2-4-8-12/h2-4,7-8H,5-6,9-10H2,1H3. The van der Waals surface area contributed by atoms with Gasteiger partial charge in [0.25, 0.3) is 0 Å². The Bertz CT molecular complexity index is 435. The number of hydrogen-bond donors (Lipinski definition) is 0. The van der Waals surface area contributed by atoms with E-state index in [1.165, 1.54) is 6.92 Å². The molecule has 1 rings (SSSR count). The highest BCUT2D eigenvalue weighted by Crippen LogP contribution is 2.08. The Morgan fingerprint density at radius 1 is 1.19 bits per heavy atom. The lowest BCUT2D eigenvalue weighted by atomic mass is 10.2. The van der Waals surface area contributed by atoms with Crippen LogP contribution >= 0.6 is 0 Å². The molecule has 1 aromatic rings. The van der Waals surface area contributed by atoms with Gasteiger partial charge in [0.2, 0.25) is 0 Å². The highest BCUT2D eigenvalue weighted by atomic mass is 32.2. The second-order valence-electron chi connectivity index (χ2n) is 3.88. The van der Waals surface area contributed by atoms with Crippen molar-refractivity contribution in [2.75, 3.05) is 5.75 Å². The number of sulfone groups is 1. The fraction of sp³-hybridized carbons (Fsp3) is 0.417. The van der Waals surface area contributed by atoms with Crippen LogP contribution in [0.1, 0.15) is 25.3 Å². The first-order chi connectivity index (χ1) is 7.49. The average molecular weight is 240 g/mol. The maximum absolute atomic E-state index is 11.7. The van der Waals surface area contributed by atoms with Crippen LogP contribution in [-0.2, 0) is 20.4 Å². The summed E-state index contributed by atoms with van der Waals surface area (Å²) >= 11 is 0. The first-order valence-electron chi connectivity index (χ1n) is 5.23. The Balaban J connectivity index is 2.49. The van der Waals surface area contributed by atoms with Gasteiger partial charge >= 0.3 is 0 Å². The van der Waals surface area contributed by atoms with E-state index in [0.717, 1.165) is 5.56 Å². The van der Waals surface area contributed by atoms with Crippen LogP contribution in [0.25, 0.3) is 0 Å². The quantitative estimate of drug-likeness (QED) is 0.764. The summed E-state index contributed by atoms with van der Waals surface area (Å²) in [7, 11) is -3.08. The van der Waals surface area contributed by atoms with E-state index < -0.39 is 9.84 Å². The summed E-state index contributed by atoms with van der Waals surface area (Å²) in [6.45, 7) is 1.48. The van der Waals surface area contributed by atoms with Gasteiger partial charge in [-0.2, -0.15) is 0 Å². The van der Waals surface area contributed by atoms with Crippen molar-refractivity contribution in [2.24, 2.45) is 0 Å². The van der Waals surface area contributed by atoms with Crippen LogP contribution in [0.3, 0.4) is 0 Å². The lowest BCUT2D eigenvalue weighted by Crippen LogP contribution is -2.10. The van der Waals surface area contributed by atoms with Gasteiger partial charge in [0.05, 0.1) is 11.5 Å². The summed E-state index contributed by atoms with van der Waals surface area (Å²) in [4.78, 5) is 10.7. The van der Waals surface area contributed by atoms with Gasteiger partial charge in [-0.25, -0.2) is 8.42 Å². The van der Waals surface area contributed by atoms with Crippen molar-refractivity contribution in [1.29, 1.82) is 0 Å². The molecular weight excluding hydrogens is 224 g/mol. The molecule has 3 nitrogen and oxygen atoms in total. The molecule has 0 aliphatic heterocycles. The number of ketones is 1. The van der Waals surface area contributed by atoms with Crippen LogP contribution in [0.2, 0.25) is 0 Å². The molecule has 0 atom stereocenters. The second-order valence-corrected chi connectivity index (χ2v) is 6.07. The van der Waals surface area contributed by atoms with Crippen molar-refractivity contribution < 1.29 is 13.2 Å². The highest BCUT2D eigenvalue weighted by molar-refractivity contribution is 7.90. The minimum Gasteiger partial charge on any atom is -0.300 e. The van der Waals surface area contributed by atoms with E-state index >= 15 is 0 Å². The molecule has 4 heteroatoms. The smallest absolute Gasteiger partial charge is 0.154 e. The summed E-state index contributed by atoms with van der Waals surface area (Å²) in [5.74, 6) is 0.183. The monoisotopic (exact) mass is 240 g/mol. The molecule has 0 saturated carbocycles. The first-order valence-corrected chi connectivity index (χ1v) is 7.05. The minimum atomic E-state index is -3.08. The Kier molecular flexibility index (Phi) is 4.68. The lowest BCUT2D eigenvalue weighted by Gasteiger charge is -2.03. The molecule has 0 heterocycles. The molecule has 88 valence electrons. The summed E-state index contributed by atoms with van der Waals surface area (Å²) in [5, 5.41) is 0. The van der Waals surface area contributed by atoms with E-state index in [0.29, 0.717) is 12.8 Å². The number of benzene rings is 1. The summed E-state index contributed by atoms with van der Waals surface area (Å²) < 4.78 is 23.3. The fourth-order valence-corrected chi connectivity index (χ4v) is 2.87. The SMILES string of the molecule is CC(=O)CCCS(=O)(=O)Cc1ccccc1. The normalized spacial score (nSPS) is 11.3. The van der Waals surface area contributed by atoms with Gasteiger partial charge in [0.1, 0.15) is 5.78 Å². The molecule has 0 spiro atoms. The Morgan fingerprint density at radius 3 is 2.38 bits per heavy atom. The van der Waals surface area contributed by atoms with Crippen molar-refractivity contribution in [1.82, 2.24) is 0 Å². The molecule has 0 N–H and O–H groups in total. The topological polar surface area (TPSA) is 51.2 Å². The summed E-state index contributed by atoms with van der Waals surface area (Å²) in [6, 6.07) is 9.08. The zero-order chi connectivity index (χ0) is 12.0. The van der Waals surface area contributed by atoms with Crippen LogP contribution < -0.4 is 0 Å². The summed E-state index contributed by atoms with van der Waals surface area (Å²) in [5.41, 5.74) is 0.797. The van der Waals surface area contributed by atoms with Gasteiger partial charge < -0.3 is 4.79 Å². The van der Waals surface area contributed by atoms with E-state index in [9.17, 15) is 13.2 Å². The van der Waals surface area contributed by atoms with Gasteiger partial charge in [-0.05, 0) is 18.9 Å². The highest BCUT2D eigenvalue weighted by Gasteiger charge is 2.11. The zero-order valence-corrected chi connectivity index (χ0v) is 10.2. The average Bonchev–Trinajstić information content (AvgIpc) is 2.17. The second kappa shape index (κ2) is 5.80. The van der Waals surface area contributed by atoms with Crippen LogP contribution in [-0.4, -0.2) is 20.0 Å². The Morgan fingerprint density at radius 2 is 1.81 bits per heavy atom. The lowest BCUT2D eigenvalue weighted by molar-refractivity contribution is -0.117. The van der Waals surface area contributed by atoms with Crippen molar-refractivity contribution in [2.45, 2.75) is 25.5 Å². The van der Waals surface area contributed by atoms with E-state index in [1.54, 1.807) is 12.1 Å². The molecule has 0 fully saturated rings. The largest absolute Gasteiger partial charge is 0.300 e. The van der Waals surface area contributed by atoms with Crippen LogP contribution in [0.15, 0.2) is 30.3 Å². The maximum atomic E-state index is 11.7. The van der Waals surface area contributed by atoms with Crippen molar-refractivity contribution >= 4 is 15.6 Å². The summed E-state index contributed by atoms with van der Waals surface area (Å²) in [6.07, 6.45) is 0.762. The maximum Gasteiger partial charge on any atom is 0.154 e. The predicted molar refractivity (Wildman–Crippen MR) is 63.8 cm³/mol. The number of carbonyl (C=O) groups excluding carboxylic acids is 1. The molecule has 0 aliphatic rings. The van der Waals surface area contributed by atoms with Crippen molar-refractivity contribution in [3.63, 3.8) is 0 Å². The van der Waals surface area contributed by atoms with E-state index in [2.05, 4.69) is 0 Å². The van der Waals surface area contributed by atoms with E-state index in [1.807, 2.05) is 18.2 Å². The minimum absolute atomic E-state index is 0.0370. The Labute approximate surface area is 96.4 Å². The third-order valence-electron chi connectivity index (χ3n) is 2.21. The first kappa shape index (κ1) is 12.9. The van der Waals surface area contributed by atoms with Gasteiger partial charge in [0, 0.05) is 6.42 Å². The van der Waals surface area contributed by atoms with Gasteiger partial charge in [-0.3, -0.25) is 0 Å². The van der Waals surface area contributed by atoms with Crippen LogP contribution in [0, 0.1) is 0 Å². The molecule has 1 aromatic carbocycles. The molecule has 0 amide bonds. The van der Waals surface area contributed by atoms with Crippen molar-refractivity contribution in [3.8, 4) is 0 Å². The van der Waals surface area contributed by atoms with Gasteiger partial charge in [0.15, 0.2) is 9.84 Å². The van der Waals surface area contributed by atoms with Crippen LogP contribution in [0.5, 0.6) is 0 Å². The zero-order valence-electron chi connectivity index (χ0n) is 9.35. The number of hydrogen-bond acceptors (Lipinski definition) is 3.